The first-order valence-electron chi connectivity index (χ1n) is 10.4. The van der Waals surface area contributed by atoms with Crippen LogP contribution in [0.1, 0.15) is 29.4 Å². The van der Waals surface area contributed by atoms with Gasteiger partial charge in [-0.2, -0.15) is 0 Å². The van der Waals surface area contributed by atoms with E-state index in [0.29, 0.717) is 4.91 Å². The molecular formula is C24H23ClN4O3S. The highest BCUT2D eigenvalue weighted by Crippen LogP contribution is 2.33. The van der Waals surface area contributed by atoms with Crippen LogP contribution >= 0.6 is 23.4 Å². The zero-order valence-electron chi connectivity index (χ0n) is 18.4. The van der Waals surface area contributed by atoms with Gasteiger partial charge in [-0.05, 0) is 67.8 Å². The molecule has 2 N–H and O–H groups in total. The molecule has 3 aromatic rings. The number of halogens is 1. The summed E-state index contributed by atoms with van der Waals surface area (Å²) in [7, 11) is 0. The number of thioether (sulfide) groups is 1. The van der Waals surface area contributed by atoms with Crippen LogP contribution in [0, 0.1) is 24.0 Å². The number of anilines is 1. The Hall–Kier alpha value is -3.23. The molecule has 0 spiro atoms. The third kappa shape index (κ3) is 4.77. The van der Waals surface area contributed by atoms with Crippen LogP contribution in [-0.2, 0) is 11.2 Å². The van der Waals surface area contributed by atoms with Crippen LogP contribution in [0.3, 0.4) is 0 Å². The summed E-state index contributed by atoms with van der Waals surface area (Å²) in [4.78, 5) is 23.7. The summed E-state index contributed by atoms with van der Waals surface area (Å²) < 4.78 is 1.96. The Morgan fingerprint density at radius 2 is 1.94 bits per heavy atom. The topological polar surface area (TPSA) is 89.2 Å². The Balaban J connectivity index is 1.56. The Morgan fingerprint density at radius 1 is 1.21 bits per heavy atom. The zero-order valence-corrected chi connectivity index (χ0v) is 20.0. The molecule has 0 unspecified atom stereocenters. The number of benzene rings is 2. The lowest BCUT2D eigenvalue weighted by Crippen LogP contribution is -2.30. The van der Waals surface area contributed by atoms with E-state index in [4.69, 9.17) is 11.6 Å². The molecule has 1 saturated heterocycles. The van der Waals surface area contributed by atoms with E-state index >= 15 is 0 Å². The highest BCUT2D eigenvalue weighted by Gasteiger charge is 2.27. The number of hydrogen-bond donors (Lipinski definition) is 2. The second-order valence-electron chi connectivity index (χ2n) is 7.73. The minimum atomic E-state index is -0.504. The maximum absolute atomic E-state index is 12.6. The first-order chi connectivity index (χ1) is 15.8. The number of rotatable bonds is 6. The van der Waals surface area contributed by atoms with E-state index in [0.717, 1.165) is 34.7 Å². The second kappa shape index (κ2) is 9.33. The van der Waals surface area contributed by atoms with Gasteiger partial charge in [-0.15, -0.1) is 0 Å². The first kappa shape index (κ1) is 22.9. The van der Waals surface area contributed by atoms with Crippen LogP contribution in [0.2, 0.25) is 5.02 Å². The van der Waals surface area contributed by atoms with Gasteiger partial charge in [0, 0.05) is 28.8 Å². The molecule has 0 bridgehead atoms. The number of carbonyl (C=O) groups excluding carboxylic acids is 1. The molecular weight excluding hydrogens is 460 g/mol. The van der Waals surface area contributed by atoms with Crippen LogP contribution in [0.25, 0.3) is 11.8 Å². The maximum atomic E-state index is 12.6. The third-order valence-corrected chi connectivity index (χ3v) is 6.87. The molecule has 0 aliphatic carbocycles. The lowest BCUT2D eigenvalue weighted by Gasteiger charge is -2.12. The van der Waals surface area contributed by atoms with E-state index in [1.807, 2.05) is 42.7 Å². The van der Waals surface area contributed by atoms with E-state index in [1.54, 1.807) is 12.1 Å². The van der Waals surface area contributed by atoms with Gasteiger partial charge in [-0.25, -0.2) is 0 Å². The van der Waals surface area contributed by atoms with Crippen LogP contribution in [0.15, 0.2) is 53.4 Å². The van der Waals surface area contributed by atoms with Crippen molar-refractivity contribution in [1.29, 1.82) is 0 Å². The number of hydrogen-bond acceptors (Lipinski definition) is 5. The van der Waals surface area contributed by atoms with Gasteiger partial charge in [0.25, 0.3) is 11.6 Å². The van der Waals surface area contributed by atoms with E-state index in [2.05, 4.69) is 29.7 Å². The van der Waals surface area contributed by atoms with E-state index in [9.17, 15) is 14.9 Å². The molecule has 0 saturated carbocycles. The van der Waals surface area contributed by atoms with E-state index in [1.165, 1.54) is 23.4 Å². The minimum absolute atomic E-state index is 0.0801. The number of nitro benzene ring substituents is 1. The maximum Gasteiger partial charge on any atom is 0.288 e. The Morgan fingerprint density at radius 3 is 2.58 bits per heavy atom. The number of nitrogens with zero attached hydrogens (tertiary/aromatic N) is 2. The summed E-state index contributed by atoms with van der Waals surface area (Å²) >= 11 is 7.54. The average Bonchev–Trinajstić information content (AvgIpc) is 3.26. The summed E-state index contributed by atoms with van der Waals surface area (Å²) in [5.74, 6) is -0.133. The summed E-state index contributed by atoms with van der Waals surface area (Å²) in [6.45, 7) is 5.99. The first-order valence-corrected chi connectivity index (χ1v) is 11.7. The van der Waals surface area contributed by atoms with Gasteiger partial charge in [-0.1, -0.05) is 42.4 Å². The predicted molar refractivity (Wildman–Crippen MR) is 134 cm³/mol. The molecule has 1 aliphatic heterocycles. The second-order valence-corrected chi connectivity index (χ2v) is 9.28. The van der Waals surface area contributed by atoms with Crippen LogP contribution in [0.4, 0.5) is 11.4 Å². The van der Waals surface area contributed by atoms with Gasteiger partial charge in [0.1, 0.15) is 5.02 Å². The highest BCUT2D eigenvalue weighted by atomic mass is 35.5. The van der Waals surface area contributed by atoms with Crippen molar-refractivity contribution < 1.29 is 9.72 Å². The van der Waals surface area contributed by atoms with Gasteiger partial charge >= 0.3 is 0 Å². The summed E-state index contributed by atoms with van der Waals surface area (Å²) in [5, 5.41) is 17.4. The fourth-order valence-corrected chi connectivity index (χ4v) is 5.03. The fourth-order valence-electron chi connectivity index (χ4n) is 3.81. The molecule has 1 amide bonds. The molecule has 7 nitrogen and oxygen atoms in total. The predicted octanol–water partition coefficient (Wildman–Crippen LogP) is 5.82. The fraction of sp³-hybridized carbons (Fsp3) is 0.208. The van der Waals surface area contributed by atoms with Crippen molar-refractivity contribution >= 4 is 46.7 Å². The standard InChI is InChI=1S/C24H23ClN4O3S/c1-4-16-5-7-18(8-6-16)26-24-27-23(30)22(33-24)12-17-11-14(2)28(15(17)3)19-9-10-21(29(31)32)20(25)13-19/h5-13,24,26H,4H2,1-3H3,(H,27,30)/b22-12-/t24-/m1/s1. The van der Waals surface area contributed by atoms with Crippen molar-refractivity contribution in [2.45, 2.75) is 32.7 Å². The lowest BCUT2D eigenvalue weighted by atomic mass is 10.1. The third-order valence-electron chi connectivity index (χ3n) is 5.53. The molecule has 170 valence electrons. The van der Waals surface area contributed by atoms with Crippen LogP contribution in [0.5, 0.6) is 0 Å². The van der Waals surface area contributed by atoms with Gasteiger partial charge in [-0.3, -0.25) is 14.9 Å². The number of aromatic nitrogens is 1. The zero-order chi connectivity index (χ0) is 23.7. The van der Waals surface area contributed by atoms with Crippen molar-refractivity contribution in [1.82, 2.24) is 9.88 Å². The van der Waals surface area contributed by atoms with E-state index in [-0.39, 0.29) is 22.1 Å². The monoisotopic (exact) mass is 482 g/mol. The largest absolute Gasteiger partial charge is 0.357 e. The molecule has 1 fully saturated rings. The molecule has 9 heteroatoms. The smallest absolute Gasteiger partial charge is 0.288 e. The molecule has 1 aromatic heterocycles. The number of amides is 1. The van der Waals surface area contributed by atoms with Gasteiger partial charge in [0.15, 0.2) is 5.50 Å². The summed E-state index contributed by atoms with van der Waals surface area (Å²) in [6, 6.07) is 14.8. The van der Waals surface area contributed by atoms with Crippen molar-refractivity contribution in [2.24, 2.45) is 0 Å². The summed E-state index contributed by atoms with van der Waals surface area (Å²) in [6.07, 6.45) is 2.85. The SMILES string of the molecule is CCc1ccc(N[C@@H]2NC(=O)/C(=C/c3cc(C)n(-c4ccc([N+](=O)[O-])c(Cl)c4)c3C)S2)cc1. The number of aryl methyl sites for hydroxylation is 2. The Kier molecular flexibility index (Phi) is 6.49. The number of nitrogens with one attached hydrogen (secondary N) is 2. The van der Waals surface area contributed by atoms with Crippen molar-refractivity contribution in [2.75, 3.05) is 5.32 Å². The molecule has 1 atom stereocenters. The number of nitro groups is 1. The molecule has 4 rings (SSSR count). The normalized spacial score (nSPS) is 16.8. The Labute approximate surface area is 201 Å². The van der Waals surface area contributed by atoms with Crippen LogP contribution in [-0.4, -0.2) is 20.9 Å². The van der Waals surface area contributed by atoms with Gasteiger partial charge in [0.05, 0.1) is 9.83 Å². The molecule has 2 aromatic carbocycles. The van der Waals surface area contributed by atoms with Crippen molar-refractivity contribution in [3.05, 3.63) is 91.1 Å². The Bertz CT molecular complexity index is 1270. The lowest BCUT2D eigenvalue weighted by molar-refractivity contribution is -0.384. The molecule has 2 heterocycles. The molecule has 1 aliphatic rings. The highest BCUT2D eigenvalue weighted by molar-refractivity contribution is 8.05. The average molecular weight is 483 g/mol. The minimum Gasteiger partial charge on any atom is -0.357 e. The number of carbonyl (C=O) groups is 1. The van der Waals surface area contributed by atoms with Crippen molar-refractivity contribution in [3.63, 3.8) is 0 Å². The van der Waals surface area contributed by atoms with Gasteiger partial charge < -0.3 is 15.2 Å². The summed E-state index contributed by atoms with van der Waals surface area (Å²) in [5.41, 5.74) is 5.27. The van der Waals surface area contributed by atoms with Crippen LogP contribution < -0.4 is 10.6 Å². The molecule has 0 radical (unpaired) electrons. The van der Waals surface area contributed by atoms with E-state index < -0.39 is 4.92 Å². The molecule has 33 heavy (non-hydrogen) atoms. The van der Waals surface area contributed by atoms with Crippen molar-refractivity contribution in [3.8, 4) is 5.69 Å². The van der Waals surface area contributed by atoms with Gasteiger partial charge in [0.2, 0.25) is 0 Å². The quantitative estimate of drug-likeness (QED) is 0.262.